The highest BCUT2D eigenvalue weighted by Crippen LogP contribution is 2.28. The van der Waals surface area contributed by atoms with Crippen molar-refractivity contribution in [3.8, 4) is 5.69 Å². The average molecular weight is 367 g/mol. The number of thiazole rings is 1. The monoisotopic (exact) mass is 367 g/mol. The van der Waals surface area contributed by atoms with Crippen molar-refractivity contribution in [2.24, 2.45) is 0 Å². The molecule has 2 aromatic rings. The molecule has 0 aliphatic rings. The van der Waals surface area contributed by atoms with Gasteiger partial charge in [0.05, 0.1) is 12.2 Å². The van der Waals surface area contributed by atoms with Gasteiger partial charge < -0.3 is 20.5 Å². The van der Waals surface area contributed by atoms with Crippen LogP contribution in [0.1, 0.15) is 20.8 Å². The van der Waals surface area contributed by atoms with Crippen molar-refractivity contribution in [3.63, 3.8) is 0 Å². The van der Waals surface area contributed by atoms with Crippen molar-refractivity contribution in [3.05, 3.63) is 38.2 Å². The van der Waals surface area contributed by atoms with Gasteiger partial charge in [0.1, 0.15) is 10.7 Å². The van der Waals surface area contributed by atoms with Crippen molar-refractivity contribution < 1.29 is 14.3 Å². The van der Waals surface area contributed by atoms with Crippen molar-refractivity contribution in [1.82, 2.24) is 9.88 Å². The van der Waals surface area contributed by atoms with Crippen LogP contribution >= 0.6 is 23.6 Å². The number of hydrogen-bond acceptors (Lipinski definition) is 6. The second-order valence-electron chi connectivity index (χ2n) is 5.32. The Morgan fingerprint density at radius 1 is 1.38 bits per heavy atom. The second kappa shape index (κ2) is 7.89. The van der Waals surface area contributed by atoms with E-state index in [1.807, 2.05) is 32.0 Å². The third kappa shape index (κ3) is 3.84. The van der Waals surface area contributed by atoms with E-state index in [2.05, 4.69) is 5.32 Å². The van der Waals surface area contributed by atoms with Crippen LogP contribution in [0, 0.1) is 17.8 Å². The minimum Gasteiger partial charge on any atom is -0.383 e. The van der Waals surface area contributed by atoms with E-state index in [4.69, 9.17) is 27.4 Å². The molecule has 0 unspecified atom stereocenters. The van der Waals surface area contributed by atoms with Crippen LogP contribution in [0.25, 0.3) is 5.69 Å². The number of nitrogens with one attached hydrogen (secondary N) is 1. The molecule has 0 radical (unpaired) electrons. The second-order valence-corrected chi connectivity index (χ2v) is 6.96. The molecule has 1 aromatic carbocycles. The first-order chi connectivity index (χ1) is 11.4. The number of carbonyl (C=O) groups excluding carboxylic acids is 1. The van der Waals surface area contributed by atoms with Crippen LogP contribution in [0.2, 0.25) is 0 Å². The van der Waals surface area contributed by atoms with E-state index < -0.39 is 6.29 Å². The Kier molecular flexibility index (Phi) is 6.11. The Labute approximate surface area is 150 Å². The van der Waals surface area contributed by atoms with Crippen LogP contribution < -0.4 is 11.1 Å². The molecular weight excluding hydrogens is 346 g/mol. The van der Waals surface area contributed by atoms with Gasteiger partial charge in [-0.15, -0.1) is 0 Å². The van der Waals surface area contributed by atoms with E-state index in [1.54, 1.807) is 4.57 Å². The number of hydrogen-bond donors (Lipinski definition) is 2. The molecule has 0 atom stereocenters. The Bertz CT molecular complexity index is 794. The number of nitrogens with zero attached hydrogens (tertiary/aromatic N) is 1. The summed E-state index contributed by atoms with van der Waals surface area (Å²) < 4.78 is 12.4. The standard InChI is InChI=1S/C16H21N3O3S2/c1-9-5-6-10(2)11(7-9)19-14(17)13(24-16(19)23)15(20)18-8-12(21-3)22-4/h5-7,12H,8,17H2,1-4H3,(H,18,20). The van der Waals surface area contributed by atoms with Gasteiger partial charge in [0.2, 0.25) is 0 Å². The van der Waals surface area contributed by atoms with Gasteiger partial charge in [-0.05, 0) is 43.3 Å². The summed E-state index contributed by atoms with van der Waals surface area (Å²) in [6.45, 7) is 4.20. The number of rotatable bonds is 6. The van der Waals surface area contributed by atoms with Gasteiger partial charge in [-0.1, -0.05) is 23.5 Å². The van der Waals surface area contributed by atoms with Crippen LogP contribution in [0.5, 0.6) is 0 Å². The minimum atomic E-state index is -0.510. The molecule has 8 heteroatoms. The molecule has 24 heavy (non-hydrogen) atoms. The maximum Gasteiger partial charge on any atom is 0.265 e. The summed E-state index contributed by atoms with van der Waals surface area (Å²) in [6.07, 6.45) is -0.510. The Balaban J connectivity index is 2.34. The van der Waals surface area contributed by atoms with Crippen molar-refractivity contribution >= 4 is 35.3 Å². The Morgan fingerprint density at radius 2 is 2.04 bits per heavy atom. The fraction of sp³-hybridized carbons (Fsp3) is 0.375. The quantitative estimate of drug-likeness (QED) is 0.606. The highest BCUT2D eigenvalue weighted by molar-refractivity contribution is 7.73. The summed E-state index contributed by atoms with van der Waals surface area (Å²) >= 11 is 6.60. The molecular formula is C16H21N3O3S2. The fourth-order valence-electron chi connectivity index (χ4n) is 2.26. The smallest absolute Gasteiger partial charge is 0.265 e. The lowest BCUT2D eigenvalue weighted by molar-refractivity contribution is -0.0974. The maximum absolute atomic E-state index is 12.4. The first-order valence-corrected chi connectivity index (χ1v) is 8.54. The number of aromatic nitrogens is 1. The highest BCUT2D eigenvalue weighted by Gasteiger charge is 2.19. The largest absolute Gasteiger partial charge is 0.383 e. The zero-order chi connectivity index (χ0) is 17.9. The van der Waals surface area contributed by atoms with E-state index in [9.17, 15) is 4.79 Å². The predicted octanol–water partition coefficient (Wildman–Crippen LogP) is 2.82. The van der Waals surface area contributed by atoms with Crippen LogP contribution in [0.4, 0.5) is 5.82 Å². The van der Waals surface area contributed by atoms with E-state index in [0.29, 0.717) is 14.6 Å². The molecule has 6 nitrogen and oxygen atoms in total. The van der Waals surface area contributed by atoms with E-state index >= 15 is 0 Å². The summed E-state index contributed by atoms with van der Waals surface area (Å²) in [6, 6.07) is 6.03. The molecule has 0 saturated heterocycles. The maximum atomic E-state index is 12.4. The Morgan fingerprint density at radius 3 is 2.67 bits per heavy atom. The number of methoxy groups -OCH3 is 2. The van der Waals surface area contributed by atoms with Gasteiger partial charge in [0.25, 0.3) is 5.91 Å². The van der Waals surface area contributed by atoms with Gasteiger partial charge in [0.15, 0.2) is 10.2 Å². The first kappa shape index (κ1) is 18.6. The van der Waals surface area contributed by atoms with Gasteiger partial charge in [-0.3, -0.25) is 9.36 Å². The van der Waals surface area contributed by atoms with Crippen molar-refractivity contribution in [1.29, 1.82) is 0 Å². The number of aryl methyl sites for hydroxylation is 2. The molecule has 0 spiro atoms. The third-order valence-corrected chi connectivity index (χ3v) is 5.00. The predicted molar refractivity (Wildman–Crippen MR) is 98.5 cm³/mol. The van der Waals surface area contributed by atoms with Crippen LogP contribution in [0.15, 0.2) is 18.2 Å². The molecule has 1 heterocycles. The molecule has 1 amide bonds. The molecule has 130 valence electrons. The number of ether oxygens (including phenoxy) is 2. The van der Waals surface area contributed by atoms with Crippen LogP contribution in [-0.2, 0) is 9.47 Å². The van der Waals surface area contributed by atoms with Gasteiger partial charge >= 0.3 is 0 Å². The molecule has 0 bridgehead atoms. The molecule has 0 saturated carbocycles. The number of nitrogens with two attached hydrogens (primary N) is 1. The number of nitrogen functional groups attached to an aromatic ring is 1. The van der Waals surface area contributed by atoms with E-state index in [-0.39, 0.29) is 12.5 Å². The van der Waals surface area contributed by atoms with Crippen molar-refractivity contribution in [2.45, 2.75) is 20.1 Å². The molecule has 0 fully saturated rings. The van der Waals surface area contributed by atoms with E-state index in [1.165, 1.54) is 25.6 Å². The minimum absolute atomic E-state index is 0.222. The average Bonchev–Trinajstić information content (AvgIpc) is 2.85. The first-order valence-electron chi connectivity index (χ1n) is 7.31. The SMILES string of the molecule is COC(CNC(=O)c1sc(=S)n(-c2cc(C)ccc2C)c1N)OC. The van der Waals surface area contributed by atoms with Gasteiger partial charge in [-0.2, -0.15) is 0 Å². The van der Waals surface area contributed by atoms with Gasteiger partial charge in [-0.25, -0.2) is 0 Å². The molecule has 2 rings (SSSR count). The van der Waals surface area contributed by atoms with Crippen LogP contribution in [-0.4, -0.2) is 37.5 Å². The highest BCUT2D eigenvalue weighted by atomic mass is 32.1. The van der Waals surface area contributed by atoms with Crippen LogP contribution in [0.3, 0.4) is 0 Å². The zero-order valence-electron chi connectivity index (χ0n) is 14.1. The molecule has 0 aliphatic heterocycles. The lowest BCUT2D eigenvalue weighted by Crippen LogP contribution is -2.34. The Hall–Kier alpha value is -1.74. The number of carbonyl (C=O) groups is 1. The number of anilines is 1. The third-order valence-electron chi connectivity index (χ3n) is 3.61. The summed E-state index contributed by atoms with van der Waals surface area (Å²) in [5.41, 5.74) is 9.23. The lowest BCUT2D eigenvalue weighted by Gasteiger charge is -2.14. The molecule has 1 aromatic heterocycles. The summed E-state index contributed by atoms with van der Waals surface area (Å²) in [5.74, 6) is 0.0364. The number of amides is 1. The topological polar surface area (TPSA) is 78.5 Å². The van der Waals surface area contributed by atoms with E-state index in [0.717, 1.165) is 16.8 Å². The zero-order valence-corrected chi connectivity index (χ0v) is 15.7. The van der Waals surface area contributed by atoms with Crippen molar-refractivity contribution in [2.75, 3.05) is 26.5 Å². The molecule has 0 aliphatic carbocycles. The summed E-state index contributed by atoms with van der Waals surface area (Å²) in [5, 5.41) is 2.74. The number of benzene rings is 1. The van der Waals surface area contributed by atoms with Gasteiger partial charge in [0, 0.05) is 14.2 Å². The summed E-state index contributed by atoms with van der Waals surface area (Å²) in [4.78, 5) is 12.8. The lowest BCUT2D eigenvalue weighted by atomic mass is 10.1. The molecule has 3 N–H and O–H groups in total. The normalized spacial score (nSPS) is 11.0. The fourth-order valence-corrected chi connectivity index (χ4v) is 3.53. The summed E-state index contributed by atoms with van der Waals surface area (Å²) in [7, 11) is 3.02.